The van der Waals surface area contributed by atoms with Crippen molar-refractivity contribution >= 4 is 23.2 Å². The second-order valence-corrected chi connectivity index (χ2v) is 3.90. The summed E-state index contributed by atoms with van der Waals surface area (Å²) in [5, 5.41) is 2.95. The van der Waals surface area contributed by atoms with Crippen LogP contribution >= 0.6 is 11.6 Å². The summed E-state index contributed by atoms with van der Waals surface area (Å²) in [5.41, 5.74) is 1.90. The number of pyridine rings is 2. The zero-order valence-electron chi connectivity index (χ0n) is 9.14. The smallest absolute Gasteiger partial charge is 0.257 e. The molecule has 0 fully saturated rings. The predicted molar refractivity (Wildman–Crippen MR) is 66.2 cm³/mol. The Hall–Kier alpha value is -1.94. The largest absolute Gasteiger partial charge is 0.319 e. The van der Waals surface area contributed by atoms with Crippen molar-refractivity contribution in [1.82, 2.24) is 9.97 Å². The lowest BCUT2D eigenvalue weighted by molar-refractivity contribution is 0.102. The second kappa shape index (κ2) is 4.93. The molecule has 0 aliphatic heterocycles. The molecular formula is C12H10ClN3O. The number of carbonyl (C=O) groups excluding carboxylic acids is 1. The van der Waals surface area contributed by atoms with Crippen molar-refractivity contribution in [3.05, 3.63) is 53.1 Å². The molecule has 17 heavy (non-hydrogen) atoms. The number of hydrogen-bond donors (Lipinski definition) is 1. The SMILES string of the molecule is Cc1cncc(C(=O)Nc2cccnc2Cl)c1. The number of nitrogens with zero attached hydrogens (tertiary/aromatic N) is 2. The van der Waals surface area contributed by atoms with E-state index in [1.165, 1.54) is 6.20 Å². The van der Waals surface area contributed by atoms with Crippen LogP contribution in [0.1, 0.15) is 15.9 Å². The minimum atomic E-state index is -0.254. The van der Waals surface area contributed by atoms with E-state index < -0.39 is 0 Å². The molecule has 5 heteroatoms. The fraction of sp³-hybridized carbons (Fsp3) is 0.0833. The fourth-order valence-electron chi connectivity index (χ4n) is 1.35. The lowest BCUT2D eigenvalue weighted by Crippen LogP contribution is -2.12. The van der Waals surface area contributed by atoms with Crippen LogP contribution in [0.25, 0.3) is 0 Å². The molecule has 4 nitrogen and oxygen atoms in total. The van der Waals surface area contributed by atoms with Gasteiger partial charge in [-0.2, -0.15) is 0 Å². The van der Waals surface area contributed by atoms with Gasteiger partial charge in [0, 0.05) is 18.6 Å². The minimum Gasteiger partial charge on any atom is -0.319 e. The first-order valence-electron chi connectivity index (χ1n) is 5.00. The van der Waals surface area contributed by atoms with Crippen molar-refractivity contribution in [1.29, 1.82) is 0 Å². The Balaban J connectivity index is 2.20. The van der Waals surface area contributed by atoms with E-state index in [-0.39, 0.29) is 11.1 Å². The number of rotatable bonds is 2. The summed E-state index contributed by atoms with van der Waals surface area (Å²) in [4.78, 5) is 19.7. The first-order chi connectivity index (χ1) is 8.16. The van der Waals surface area contributed by atoms with Crippen LogP contribution in [0.3, 0.4) is 0 Å². The number of aryl methyl sites for hydroxylation is 1. The Morgan fingerprint density at radius 2 is 2.24 bits per heavy atom. The molecule has 0 atom stereocenters. The van der Waals surface area contributed by atoms with Crippen LogP contribution in [0.4, 0.5) is 5.69 Å². The normalized spacial score (nSPS) is 10.0. The molecule has 2 rings (SSSR count). The van der Waals surface area contributed by atoms with E-state index in [1.54, 1.807) is 30.6 Å². The molecule has 0 aromatic carbocycles. The molecule has 0 aliphatic rings. The van der Waals surface area contributed by atoms with Gasteiger partial charge in [0.2, 0.25) is 0 Å². The van der Waals surface area contributed by atoms with E-state index in [4.69, 9.17) is 11.6 Å². The van der Waals surface area contributed by atoms with E-state index >= 15 is 0 Å². The highest BCUT2D eigenvalue weighted by Gasteiger charge is 2.08. The fourth-order valence-corrected chi connectivity index (χ4v) is 1.52. The van der Waals surface area contributed by atoms with Crippen molar-refractivity contribution in [3.8, 4) is 0 Å². The van der Waals surface area contributed by atoms with Gasteiger partial charge in [0.25, 0.3) is 5.91 Å². The van der Waals surface area contributed by atoms with E-state index in [0.29, 0.717) is 11.3 Å². The average molecular weight is 248 g/mol. The maximum absolute atomic E-state index is 11.9. The van der Waals surface area contributed by atoms with Gasteiger partial charge in [-0.05, 0) is 30.7 Å². The van der Waals surface area contributed by atoms with Gasteiger partial charge in [-0.25, -0.2) is 4.98 Å². The summed E-state index contributed by atoms with van der Waals surface area (Å²) in [6.45, 7) is 1.88. The zero-order valence-corrected chi connectivity index (χ0v) is 9.90. The molecule has 0 unspecified atom stereocenters. The summed E-state index contributed by atoms with van der Waals surface area (Å²) < 4.78 is 0. The van der Waals surface area contributed by atoms with Crippen molar-refractivity contribution in [2.45, 2.75) is 6.92 Å². The molecule has 1 N–H and O–H groups in total. The Kier molecular flexibility index (Phi) is 3.35. The van der Waals surface area contributed by atoms with Crippen LogP contribution in [0.5, 0.6) is 0 Å². The lowest BCUT2D eigenvalue weighted by atomic mass is 10.2. The van der Waals surface area contributed by atoms with E-state index in [0.717, 1.165) is 5.56 Å². The molecule has 86 valence electrons. The van der Waals surface area contributed by atoms with Crippen LogP contribution in [0, 0.1) is 6.92 Å². The number of hydrogen-bond acceptors (Lipinski definition) is 3. The molecule has 0 spiro atoms. The molecule has 0 bridgehead atoms. The molecule has 1 amide bonds. The molecule has 0 saturated heterocycles. The monoisotopic (exact) mass is 247 g/mol. The van der Waals surface area contributed by atoms with Crippen LogP contribution in [0.15, 0.2) is 36.8 Å². The summed E-state index contributed by atoms with van der Waals surface area (Å²) in [7, 11) is 0. The number of anilines is 1. The van der Waals surface area contributed by atoms with Gasteiger partial charge in [0.05, 0.1) is 11.3 Å². The number of carbonyl (C=O) groups is 1. The first kappa shape index (κ1) is 11.5. The number of aromatic nitrogens is 2. The van der Waals surface area contributed by atoms with E-state index in [1.807, 2.05) is 6.92 Å². The van der Waals surface area contributed by atoms with Crippen LogP contribution in [0.2, 0.25) is 5.15 Å². The Morgan fingerprint density at radius 1 is 1.41 bits per heavy atom. The van der Waals surface area contributed by atoms with Gasteiger partial charge in [-0.15, -0.1) is 0 Å². The Bertz CT molecular complexity index is 557. The minimum absolute atomic E-state index is 0.254. The van der Waals surface area contributed by atoms with E-state index in [2.05, 4.69) is 15.3 Å². The van der Waals surface area contributed by atoms with Gasteiger partial charge < -0.3 is 5.32 Å². The zero-order chi connectivity index (χ0) is 12.3. The second-order valence-electron chi connectivity index (χ2n) is 3.55. The third-order valence-corrected chi connectivity index (χ3v) is 2.45. The third kappa shape index (κ3) is 2.79. The molecule has 0 aliphatic carbocycles. The summed E-state index contributed by atoms with van der Waals surface area (Å²) in [5.74, 6) is -0.254. The summed E-state index contributed by atoms with van der Waals surface area (Å²) in [6.07, 6.45) is 4.76. The van der Waals surface area contributed by atoms with E-state index in [9.17, 15) is 4.79 Å². The molecular weight excluding hydrogens is 238 g/mol. The summed E-state index contributed by atoms with van der Waals surface area (Å²) in [6, 6.07) is 5.15. The molecule has 0 saturated carbocycles. The third-order valence-electron chi connectivity index (χ3n) is 2.14. The van der Waals surface area contributed by atoms with Gasteiger partial charge in [-0.3, -0.25) is 9.78 Å². The molecule has 0 radical (unpaired) electrons. The average Bonchev–Trinajstić information content (AvgIpc) is 2.32. The highest BCUT2D eigenvalue weighted by Crippen LogP contribution is 2.18. The van der Waals surface area contributed by atoms with Gasteiger partial charge >= 0.3 is 0 Å². The van der Waals surface area contributed by atoms with Gasteiger partial charge in [0.15, 0.2) is 5.15 Å². The summed E-state index contributed by atoms with van der Waals surface area (Å²) >= 11 is 5.85. The van der Waals surface area contributed by atoms with Crippen LogP contribution < -0.4 is 5.32 Å². The van der Waals surface area contributed by atoms with Crippen molar-refractivity contribution in [2.24, 2.45) is 0 Å². The van der Waals surface area contributed by atoms with Gasteiger partial charge in [-0.1, -0.05) is 11.6 Å². The lowest BCUT2D eigenvalue weighted by Gasteiger charge is -2.06. The van der Waals surface area contributed by atoms with Crippen LogP contribution in [-0.4, -0.2) is 15.9 Å². The quantitative estimate of drug-likeness (QED) is 0.830. The highest BCUT2D eigenvalue weighted by molar-refractivity contribution is 6.32. The first-order valence-corrected chi connectivity index (χ1v) is 5.38. The highest BCUT2D eigenvalue weighted by atomic mass is 35.5. The predicted octanol–water partition coefficient (Wildman–Crippen LogP) is 2.69. The number of nitrogens with one attached hydrogen (secondary N) is 1. The molecule has 2 aromatic rings. The van der Waals surface area contributed by atoms with Crippen molar-refractivity contribution in [3.63, 3.8) is 0 Å². The standard InChI is InChI=1S/C12H10ClN3O/c1-8-5-9(7-14-6-8)12(17)16-10-3-2-4-15-11(10)13/h2-7H,1H3,(H,16,17). The Morgan fingerprint density at radius 3 is 2.94 bits per heavy atom. The molecule has 2 heterocycles. The number of halogens is 1. The maximum Gasteiger partial charge on any atom is 0.257 e. The van der Waals surface area contributed by atoms with Crippen molar-refractivity contribution in [2.75, 3.05) is 5.32 Å². The van der Waals surface area contributed by atoms with Gasteiger partial charge in [0.1, 0.15) is 0 Å². The molecule has 2 aromatic heterocycles. The van der Waals surface area contributed by atoms with Crippen LogP contribution in [-0.2, 0) is 0 Å². The topological polar surface area (TPSA) is 54.9 Å². The number of amides is 1. The van der Waals surface area contributed by atoms with Crippen molar-refractivity contribution < 1.29 is 4.79 Å². The Labute approximate surface area is 104 Å². The maximum atomic E-state index is 11.9.